The third-order valence-electron chi connectivity index (χ3n) is 6.07. The molecule has 0 heteroatoms. The van der Waals surface area contributed by atoms with Gasteiger partial charge in [0, 0.05) is 0 Å². The van der Waals surface area contributed by atoms with Crippen LogP contribution in [-0.4, -0.2) is 0 Å². The van der Waals surface area contributed by atoms with Gasteiger partial charge in [0.25, 0.3) is 0 Å². The van der Waals surface area contributed by atoms with Gasteiger partial charge < -0.3 is 0 Å². The summed E-state index contributed by atoms with van der Waals surface area (Å²) in [5, 5.41) is 0. The Morgan fingerprint density at radius 3 is 1.90 bits per heavy atom. The molecule has 146 valence electrons. The number of allylic oxidation sites excluding steroid dienone is 4. The molecule has 0 unspecified atom stereocenters. The molecule has 0 aromatic heterocycles. The molecular formula is C29H30. The van der Waals surface area contributed by atoms with E-state index in [4.69, 9.17) is 0 Å². The van der Waals surface area contributed by atoms with Gasteiger partial charge in [-0.2, -0.15) is 0 Å². The zero-order chi connectivity index (χ0) is 20.5. The van der Waals surface area contributed by atoms with Crippen LogP contribution in [-0.2, 0) is 0 Å². The highest BCUT2D eigenvalue weighted by Crippen LogP contribution is 2.37. The highest BCUT2D eigenvalue weighted by molar-refractivity contribution is 5.83. The molecule has 0 spiro atoms. The minimum absolute atomic E-state index is 1.12. The summed E-state index contributed by atoms with van der Waals surface area (Å²) in [6.45, 7) is 11.0. The minimum Gasteiger partial charge on any atom is -0.0727 e. The van der Waals surface area contributed by atoms with Crippen LogP contribution in [0.2, 0.25) is 0 Å². The Labute approximate surface area is 175 Å². The Hall–Kier alpha value is -2.86. The van der Waals surface area contributed by atoms with Crippen LogP contribution in [0.5, 0.6) is 0 Å². The molecule has 1 aliphatic carbocycles. The lowest BCUT2D eigenvalue weighted by Crippen LogP contribution is -1.97. The molecule has 0 nitrogen and oxygen atoms in total. The van der Waals surface area contributed by atoms with E-state index in [-0.39, 0.29) is 0 Å². The van der Waals surface area contributed by atoms with Gasteiger partial charge >= 0.3 is 0 Å². The van der Waals surface area contributed by atoms with Crippen molar-refractivity contribution < 1.29 is 0 Å². The van der Waals surface area contributed by atoms with Gasteiger partial charge in [-0.25, -0.2) is 0 Å². The molecule has 0 fully saturated rings. The van der Waals surface area contributed by atoms with E-state index in [2.05, 4.69) is 101 Å². The molecule has 0 saturated carbocycles. The molecule has 0 bridgehead atoms. The van der Waals surface area contributed by atoms with Gasteiger partial charge in [-0.1, -0.05) is 65.2 Å². The first-order chi connectivity index (χ1) is 13.9. The Morgan fingerprint density at radius 1 is 0.552 bits per heavy atom. The summed E-state index contributed by atoms with van der Waals surface area (Å²) >= 11 is 0. The van der Waals surface area contributed by atoms with Crippen molar-refractivity contribution in [1.29, 1.82) is 0 Å². The maximum Gasteiger partial charge on any atom is -0.0154 e. The molecular weight excluding hydrogens is 348 g/mol. The fourth-order valence-electron chi connectivity index (χ4n) is 4.43. The number of hydrogen-bond donors (Lipinski definition) is 0. The van der Waals surface area contributed by atoms with Gasteiger partial charge in [0.1, 0.15) is 0 Å². The lowest BCUT2D eigenvalue weighted by atomic mass is 9.85. The predicted octanol–water partition coefficient (Wildman–Crippen LogP) is 8.46. The summed E-state index contributed by atoms with van der Waals surface area (Å²) in [6.07, 6.45) is 4.63. The first-order valence-electron chi connectivity index (χ1n) is 10.6. The Bertz CT molecular complexity index is 1120. The molecule has 0 aliphatic heterocycles. The van der Waals surface area contributed by atoms with Crippen molar-refractivity contribution in [2.24, 2.45) is 0 Å². The van der Waals surface area contributed by atoms with Crippen LogP contribution in [0.25, 0.3) is 27.8 Å². The molecule has 0 amide bonds. The van der Waals surface area contributed by atoms with Crippen molar-refractivity contribution >= 4 is 5.57 Å². The van der Waals surface area contributed by atoms with Gasteiger partial charge in [0.05, 0.1) is 0 Å². The summed E-state index contributed by atoms with van der Waals surface area (Å²) < 4.78 is 0. The molecule has 0 N–H and O–H groups in total. The van der Waals surface area contributed by atoms with E-state index < -0.39 is 0 Å². The van der Waals surface area contributed by atoms with E-state index in [9.17, 15) is 0 Å². The summed E-state index contributed by atoms with van der Waals surface area (Å²) in [5.74, 6) is 0. The smallest absolute Gasteiger partial charge is 0.0154 e. The summed E-state index contributed by atoms with van der Waals surface area (Å²) in [4.78, 5) is 0. The summed E-state index contributed by atoms with van der Waals surface area (Å²) in [7, 11) is 0. The van der Waals surface area contributed by atoms with Crippen molar-refractivity contribution in [3.8, 4) is 22.3 Å². The van der Waals surface area contributed by atoms with E-state index in [1.807, 2.05) is 0 Å². The third kappa shape index (κ3) is 4.12. The third-order valence-corrected chi connectivity index (χ3v) is 6.07. The molecule has 1 aliphatic rings. The molecule has 0 heterocycles. The highest BCUT2D eigenvalue weighted by atomic mass is 14.2. The van der Waals surface area contributed by atoms with Crippen molar-refractivity contribution in [1.82, 2.24) is 0 Å². The lowest BCUT2D eigenvalue weighted by Gasteiger charge is -2.19. The lowest BCUT2D eigenvalue weighted by molar-refractivity contribution is 0.962. The van der Waals surface area contributed by atoms with Gasteiger partial charge in [-0.3, -0.25) is 0 Å². The Morgan fingerprint density at radius 2 is 1.21 bits per heavy atom. The number of benzene rings is 3. The van der Waals surface area contributed by atoms with Crippen LogP contribution in [0.3, 0.4) is 0 Å². The minimum atomic E-state index is 1.12. The van der Waals surface area contributed by atoms with Crippen molar-refractivity contribution in [3.05, 3.63) is 100 Å². The summed E-state index contributed by atoms with van der Waals surface area (Å²) in [6, 6.07) is 22.8. The predicted molar refractivity (Wildman–Crippen MR) is 127 cm³/mol. The molecule has 4 rings (SSSR count). The molecule has 0 atom stereocenters. The largest absolute Gasteiger partial charge is 0.0727 e. The number of rotatable bonds is 3. The van der Waals surface area contributed by atoms with Crippen LogP contribution in [0, 0.1) is 20.8 Å². The Kier molecular flexibility index (Phi) is 5.28. The van der Waals surface area contributed by atoms with E-state index in [1.165, 1.54) is 61.2 Å². The average molecular weight is 379 g/mol. The van der Waals surface area contributed by atoms with E-state index in [0.717, 1.165) is 12.8 Å². The topological polar surface area (TPSA) is 0 Å². The van der Waals surface area contributed by atoms with Crippen molar-refractivity contribution in [2.75, 3.05) is 0 Å². The van der Waals surface area contributed by atoms with E-state index in [1.54, 1.807) is 0 Å². The van der Waals surface area contributed by atoms with Gasteiger partial charge in [-0.05, 0) is 110 Å². The van der Waals surface area contributed by atoms with E-state index in [0.29, 0.717) is 0 Å². The highest BCUT2D eigenvalue weighted by Gasteiger charge is 2.14. The molecule has 3 aromatic rings. The SMILES string of the molecule is CC1=CC(C)=C(c2cc(-c3ccc(C)cc3)cc(-c3ccc(C)cc3C)c2)CC1. The second-order valence-electron chi connectivity index (χ2n) is 8.64. The monoisotopic (exact) mass is 378 g/mol. The molecule has 0 saturated heterocycles. The fraction of sp³-hybridized carbons (Fsp3) is 0.241. The molecule has 29 heavy (non-hydrogen) atoms. The summed E-state index contributed by atoms with van der Waals surface area (Å²) in [5.41, 5.74) is 14.9. The second-order valence-corrected chi connectivity index (χ2v) is 8.64. The fourth-order valence-corrected chi connectivity index (χ4v) is 4.43. The van der Waals surface area contributed by atoms with Gasteiger partial charge in [0.15, 0.2) is 0 Å². The zero-order valence-electron chi connectivity index (χ0n) is 18.3. The van der Waals surface area contributed by atoms with Gasteiger partial charge in [0.2, 0.25) is 0 Å². The quantitative estimate of drug-likeness (QED) is 0.429. The number of aryl methyl sites for hydroxylation is 3. The standard InChI is InChI=1S/C29H30/c1-19-6-10-24(11-7-19)25-16-26(28-12-8-20(2)14-22(28)4)18-27(17-25)29-13-9-21(3)15-23(29)5/h6-8,10-12,14-18H,9,13H2,1-5H3. The normalized spacial score (nSPS) is 14.2. The van der Waals surface area contributed by atoms with Crippen LogP contribution in [0.1, 0.15) is 48.9 Å². The van der Waals surface area contributed by atoms with Crippen LogP contribution in [0.4, 0.5) is 0 Å². The average Bonchev–Trinajstić information content (AvgIpc) is 2.68. The maximum absolute atomic E-state index is 2.39. The van der Waals surface area contributed by atoms with E-state index >= 15 is 0 Å². The first kappa shape index (κ1) is 19.5. The maximum atomic E-state index is 2.39. The van der Waals surface area contributed by atoms with Crippen molar-refractivity contribution in [2.45, 2.75) is 47.5 Å². The molecule has 3 aromatic carbocycles. The first-order valence-corrected chi connectivity index (χ1v) is 10.6. The van der Waals surface area contributed by atoms with Crippen LogP contribution < -0.4 is 0 Å². The zero-order valence-corrected chi connectivity index (χ0v) is 18.3. The Balaban J connectivity index is 1.93. The van der Waals surface area contributed by atoms with Gasteiger partial charge in [-0.15, -0.1) is 0 Å². The van der Waals surface area contributed by atoms with Crippen LogP contribution in [0.15, 0.2) is 77.9 Å². The van der Waals surface area contributed by atoms with Crippen LogP contribution >= 0.6 is 0 Å². The second kappa shape index (κ2) is 7.87. The number of hydrogen-bond acceptors (Lipinski definition) is 0. The van der Waals surface area contributed by atoms with Crippen molar-refractivity contribution in [3.63, 3.8) is 0 Å². The molecule has 0 radical (unpaired) electrons.